The van der Waals surface area contributed by atoms with Crippen LogP contribution in [0.25, 0.3) is 0 Å². The van der Waals surface area contributed by atoms with E-state index < -0.39 is 0 Å². The van der Waals surface area contributed by atoms with Crippen LogP contribution in [0.4, 0.5) is 0 Å². The summed E-state index contributed by atoms with van der Waals surface area (Å²) >= 11 is 1.12. The predicted molar refractivity (Wildman–Crippen MR) is 25.5 cm³/mol. The summed E-state index contributed by atoms with van der Waals surface area (Å²) in [5, 5.41) is 1.00. The van der Waals surface area contributed by atoms with Crippen LogP contribution >= 0.6 is 0 Å². The van der Waals surface area contributed by atoms with Gasteiger partial charge in [-0.05, 0) is 0 Å². The van der Waals surface area contributed by atoms with Crippen molar-refractivity contribution in [3.63, 3.8) is 0 Å². The van der Waals surface area contributed by atoms with Gasteiger partial charge in [0.1, 0.15) is 0 Å². The third-order valence-corrected chi connectivity index (χ3v) is 1.41. The summed E-state index contributed by atoms with van der Waals surface area (Å²) in [7, 11) is 0. The van der Waals surface area contributed by atoms with E-state index in [2.05, 4.69) is 0 Å². The summed E-state index contributed by atoms with van der Waals surface area (Å²) in [5.41, 5.74) is 10.2. The Hall–Kier alpha value is 0.452. The molecule has 0 heterocycles. The van der Waals surface area contributed by atoms with Crippen LogP contribution < -0.4 is 11.5 Å². The Morgan fingerprint density at radius 1 is 1.60 bits per heavy atom. The summed E-state index contributed by atoms with van der Waals surface area (Å²) in [6, 6.07) is 0. The van der Waals surface area contributed by atoms with Gasteiger partial charge >= 0.3 is 0 Å². The van der Waals surface area contributed by atoms with E-state index in [9.17, 15) is 0 Å². The Morgan fingerprint density at radius 3 is 1.80 bits per heavy atom. The van der Waals surface area contributed by atoms with Gasteiger partial charge in [0.25, 0.3) is 0 Å². The van der Waals surface area contributed by atoms with E-state index in [0.717, 1.165) is 21.6 Å². The summed E-state index contributed by atoms with van der Waals surface area (Å²) < 4.78 is 0. The van der Waals surface area contributed by atoms with Crippen molar-refractivity contribution in [1.29, 1.82) is 0 Å². The Kier molecular flexibility index (Phi) is 2.92. The van der Waals surface area contributed by atoms with Crippen LogP contribution in [0.3, 0.4) is 0 Å². The van der Waals surface area contributed by atoms with Gasteiger partial charge < -0.3 is 11.5 Å². The minimum atomic E-state index is -0.0540. The second kappa shape index (κ2) is 2.68. The second-order valence-corrected chi connectivity index (χ2v) is 1.89. The summed E-state index contributed by atoms with van der Waals surface area (Å²) in [6.07, 6.45) is -0.0540. The van der Waals surface area contributed by atoms with Gasteiger partial charge in [-0.1, -0.05) is 5.28 Å². The molecule has 30 valence electrons. The van der Waals surface area contributed by atoms with Gasteiger partial charge in [0.2, 0.25) is 16.3 Å². The van der Waals surface area contributed by atoms with Crippen molar-refractivity contribution >= 4 is 16.3 Å². The van der Waals surface area contributed by atoms with Crippen molar-refractivity contribution in [2.75, 3.05) is 0 Å². The van der Waals surface area contributed by atoms with Gasteiger partial charge in [-0.3, -0.25) is 0 Å². The molecule has 0 aromatic heterocycles. The average molecular weight is 88.1 g/mol. The van der Waals surface area contributed by atoms with Gasteiger partial charge in [-0.15, -0.1) is 0 Å². The molecule has 0 aromatic carbocycles. The highest BCUT2D eigenvalue weighted by molar-refractivity contribution is 6.08. The van der Waals surface area contributed by atoms with Crippen molar-refractivity contribution < 1.29 is 0 Å². The van der Waals surface area contributed by atoms with Crippen LogP contribution in [-0.4, -0.2) is 22.5 Å². The van der Waals surface area contributed by atoms with E-state index in [0.29, 0.717) is 0 Å². The highest BCUT2D eigenvalue weighted by Crippen LogP contribution is 1.63. The van der Waals surface area contributed by atoms with E-state index >= 15 is 0 Å². The SMILES string of the molecule is NC(N)[CH2][AlH2]. The quantitative estimate of drug-likeness (QED) is 0.296. The fourth-order valence-electron chi connectivity index (χ4n) is 0. The molecule has 5 heavy (non-hydrogen) atoms. The molecule has 2 nitrogen and oxygen atoms in total. The van der Waals surface area contributed by atoms with Gasteiger partial charge in [-0.25, -0.2) is 0 Å². The monoisotopic (exact) mass is 88.1 g/mol. The van der Waals surface area contributed by atoms with E-state index in [4.69, 9.17) is 11.5 Å². The normalized spacial score (nSPS) is 9.40. The van der Waals surface area contributed by atoms with Crippen molar-refractivity contribution in [1.82, 2.24) is 0 Å². The van der Waals surface area contributed by atoms with Crippen molar-refractivity contribution in [2.24, 2.45) is 11.5 Å². The number of hydrogen-bond donors (Lipinski definition) is 2. The topological polar surface area (TPSA) is 52.0 Å². The molecule has 0 bridgehead atoms. The molecule has 0 fully saturated rings. The Balaban J connectivity index is 2.54. The van der Waals surface area contributed by atoms with E-state index in [1.165, 1.54) is 0 Å². The molecule has 4 N–H and O–H groups in total. The summed E-state index contributed by atoms with van der Waals surface area (Å²) in [6.45, 7) is 0. The lowest BCUT2D eigenvalue weighted by atomic mass is 10.6. The second-order valence-electron chi connectivity index (χ2n) is 1.07. The molecule has 3 heteroatoms. The highest BCUT2D eigenvalue weighted by Gasteiger charge is 1.80. The van der Waals surface area contributed by atoms with Gasteiger partial charge in [-0.2, -0.15) is 0 Å². The number of hydrogen-bond acceptors (Lipinski definition) is 2. The molecule has 0 unspecified atom stereocenters. The molecule has 0 saturated carbocycles. The first-order valence-electron chi connectivity index (χ1n) is 1.78. The average Bonchev–Trinajstić information content (AvgIpc) is 1.38. The molecule has 0 atom stereocenters. The molecule has 0 aliphatic rings. The zero-order valence-corrected chi connectivity index (χ0v) is 5.44. The fourth-order valence-corrected chi connectivity index (χ4v) is 0. The minimum Gasteiger partial charge on any atom is -0.317 e. The molecular formula is C2H9AlN2. The molecule has 0 aromatic rings. The van der Waals surface area contributed by atoms with Crippen molar-refractivity contribution in [3.8, 4) is 0 Å². The summed E-state index contributed by atoms with van der Waals surface area (Å²) in [4.78, 5) is 0. The first-order valence-corrected chi connectivity index (χ1v) is 3.20. The molecular weight excluding hydrogens is 79.0 g/mol. The first-order chi connectivity index (χ1) is 2.27. The van der Waals surface area contributed by atoms with E-state index in [1.54, 1.807) is 0 Å². The highest BCUT2D eigenvalue weighted by atomic mass is 27.0. The Morgan fingerprint density at radius 2 is 1.80 bits per heavy atom. The Labute approximate surface area is 39.9 Å². The number of rotatable bonds is 1. The third kappa shape index (κ3) is 4.45. The van der Waals surface area contributed by atoms with Crippen LogP contribution in [-0.2, 0) is 0 Å². The van der Waals surface area contributed by atoms with E-state index in [1.807, 2.05) is 0 Å². The van der Waals surface area contributed by atoms with Crippen LogP contribution in [0.2, 0.25) is 5.28 Å². The van der Waals surface area contributed by atoms with E-state index in [-0.39, 0.29) is 6.17 Å². The van der Waals surface area contributed by atoms with Crippen LogP contribution in [0.15, 0.2) is 0 Å². The minimum absolute atomic E-state index is 0.0540. The maximum absolute atomic E-state index is 5.10. The number of nitrogens with two attached hydrogens (primary N) is 2. The molecule has 0 aliphatic carbocycles. The molecule has 0 spiro atoms. The summed E-state index contributed by atoms with van der Waals surface area (Å²) in [5.74, 6) is 0. The van der Waals surface area contributed by atoms with Gasteiger partial charge in [0, 0.05) is 6.17 Å². The molecule has 0 rings (SSSR count). The Bertz CT molecular complexity index is 21.6. The molecule has 0 radical (unpaired) electrons. The first kappa shape index (κ1) is 5.45. The maximum Gasteiger partial charge on any atom is 0.216 e. The predicted octanol–water partition coefficient (Wildman–Crippen LogP) is -1.72. The lowest BCUT2D eigenvalue weighted by Gasteiger charge is -1.92. The standard InChI is InChI=1S/C2H7N2.Al.2H/c1-2(3)4;;;/h2H,1,3-4H2;;;. The van der Waals surface area contributed by atoms with Crippen LogP contribution in [0.1, 0.15) is 0 Å². The smallest absolute Gasteiger partial charge is 0.216 e. The lowest BCUT2D eigenvalue weighted by Crippen LogP contribution is -2.29. The fraction of sp³-hybridized carbons (Fsp3) is 1.00. The largest absolute Gasteiger partial charge is 0.317 e. The van der Waals surface area contributed by atoms with Crippen molar-refractivity contribution in [3.05, 3.63) is 0 Å². The lowest BCUT2D eigenvalue weighted by molar-refractivity contribution is 0.789. The molecule has 0 aliphatic heterocycles. The zero-order valence-electron chi connectivity index (χ0n) is 3.44. The van der Waals surface area contributed by atoms with Crippen LogP contribution in [0, 0.1) is 0 Å². The zero-order chi connectivity index (χ0) is 4.28. The maximum atomic E-state index is 5.10. The van der Waals surface area contributed by atoms with Crippen LogP contribution in [0.5, 0.6) is 0 Å². The third-order valence-electron chi connectivity index (χ3n) is 0.471. The van der Waals surface area contributed by atoms with Gasteiger partial charge in [0.15, 0.2) is 0 Å². The molecule has 0 saturated heterocycles. The molecule has 0 amide bonds. The van der Waals surface area contributed by atoms with Crippen molar-refractivity contribution in [2.45, 2.75) is 11.4 Å². The van der Waals surface area contributed by atoms with Gasteiger partial charge in [0.05, 0.1) is 0 Å².